The van der Waals surface area contributed by atoms with Gasteiger partial charge in [0.25, 0.3) is 0 Å². The normalized spacial score (nSPS) is 15.2. The van der Waals surface area contributed by atoms with E-state index < -0.39 is 7.60 Å². The highest BCUT2D eigenvalue weighted by molar-refractivity contribution is 7.51. The minimum Gasteiger partial charge on any atom is -0.370 e. The highest BCUT2D eigenvalue weighted by Crippen LogP contribution is 2.35. The van der Waals surface area contributed by atoms with Gasteiger partial charge in [-0.05, 0) is 0 Å². The predicted molar refractivity (Wildman–Crippen MR) is 46.2 cm³/mol. The maximum atomic E-state index is 10.6. The number of nitrogens with two attached hydrogens (primary N) is 1. The van der Waals surface area contributed by atoms with Crippen LogP contribution in [0, 0.1) is 5.41 Å². The summed E-state index contributed by atoms with van der Waals surface area (Å²) in [4.78, 5) is 10.1. The van der Waals surface area contributed by atoms with Gasteiger partial charge in [-0.2, -0.15) is 0 Å². The molecule has 0 saturated heterocycles. The Hall–Kier alpha value is -0.580. The topological polar surface area (TPSA) is 99.6 Å². The summed E-state index contributed by atoms with van der Waals surface area (Å²) in [5, 5.41) is 6.95. The molecule has 0 heterocycles. The van der Waals surface area contributed by atoms with Crippen molar-refractivity contribution in [3.8, 4) is 0 Å². The maximum absolute atomic E-state index is 10.6. The van der Waals surface area contributed by atoms with E-state index in [1.165, 1.54) is 4.90 Å². The van der Waals surface area contributed by atoms with Crippen molar-refractivity contribution in [1.82, 2.24) is 4.90 Å². The third-order valence-electron chi connectivity index (χ3n) is 1.17. The molecule has 1 unspecified atom stereocenters. The van der Waals surface area contributed by atoms with Crippen LogP contribution in [-0.4, -0.2) is 42.6 Å². The summed E-state index contributed by atoms with van der Waals surface area (Å²) < 4.78 is 15.2. The number of nitrogens with zero attached hydrogens (tertiary/aromatic N) is 1. The van der Waals surface area contributed by atoms with Crippen molar-refractivity contribution in [2.45, 2.75) is 0 Å². The van der Waals surface area contributed by atoms with E-state index in [0.717, 1.165) is 6.66 Å². The second kappa shape index (κ2) is 4.45. The van der Waals surface area contributed by atoms with Crippen LogP contribution in [-0.2, 0) is 9.09 Å². The molecule has 7 heteroatoms. The second-order valence-corrected chi connectivity index (χ2v) is 4.31. The van der Waals surface area contributed by atoms with Gasteiger partial charge in [0.05, 0.1) is 6.61 Å². The molecule has 0 aromatic carbocycles. The molecule has 6 nitrogen and oxygen atoms in total. The van der Waals surface area contributed by atoms with Crippen molar-refractivity contribution in [2.75, 3.05) is 26.9 Å². The van der Waals surface area contributed by atoms with Gasteiger partial charge in [-0.1, -0.05) is 0 Å². The summed E-state index contributed by atoms with van der Waals surface area (Å²) in [6.07, 6.45) is 0. The lowest BCUT2D eigenvalue weighted by Gasteiger charge is -2.16. The highest BCUT2D eigenvalue weighted by Gasteiger charge is 2.09. The van der Waals surface area contributed by atoms with Crippen molar-refractivity contribution < 1.29 is 14.0 Å². The standard InChI is InChI=1S/C5H14N3O3P/c1-8(5(6)7)3-4-11-12(2,9)10/h3-4H2,1-2H3,(H3,6,7)(H,9,10). The van der Waals surface area contributed by atoms with Gasteiger partial charge in [0.15, 0.2) is 5.96 Å². The van der Waals surface area contributed by atoms with Gasteiger partial charge >= 0.3 is 7.60 Å². The van der Waals surface area contributed by atoms with E-state index in [2.05, 4.69) is 4.52 Å². The molecule has 0 radical (unpaired) electrons. The number of guanidine groups is 1. The lowest BCUT2D eigenvalue weighted by molar-refractivity contribution is 0.245. The van der Waals surface area contributed by atoms with Gasteiger partial charge in [0.1, 0.15) is 0 Å². The van der Waals surface area contributed by atoms with Gasteiger partial charge < -0.3 is 20.1 Å². The van der Waals surface area contributed by atoms with Gasteiger partial charge in [-0.15, -0.1) is 0 Å². The summed E-state index contributed by atoms with van der Waals surface area (Å²) in [5.74, 6) is -0.0949. The Morgan fingerprint density at radius 1 is 1.83 bits per heavy atom. The average molecular weight is 195 g/mol. The molecule has 72 valence electrons. The van der Waals surface area contributed by atoms with Crippen LogP contribution in [0.5, 0.6) is 0 Å². The molecule has 0 bridgehead atoms. The van der Waals surface area contributed by atoms with Crippen LogP contribution in [0.15, 0.2) is 0 Å². The number of hydrogen-bond acceptors (Lipinski definition) is 3. The molecule has 0 saturated carbocycles. The Morgan fingerprint density at radius 2 is 2.33 bits per heavy atom. The fraction of sp³-hybridized carbons (Fsp3) is 0.800. The first-order chi connectivity index (χ1) is 5.33. The molecule has 0 aliphatic heterocycles. The summed E-state index contributed by atoms with van der Waals surface area (Å²) in [7, 11) is -1.79. The van der Waals surface area contributed by atoms with Crippen LogP contribution in [0.1, 0.15) is 0 Å². The molecule has 0 rings (SSSR count). The predicted octanol–water partition coefficient (Wildman–Crippen LogP) is -0.357. The summed E-state index contributed by atoms with van der Waals surface area (Å²) in [6.45, 7) is 1.52. The molecule has 0 amide bonds. The van der Waals surface area contributed by atoms with Crippen molar-refractivity contribution in [3.05, 3.63) is 0 Å². The number of nitrogens with one attached hydrogen (secondary N) is 1. The molecule has 0 aromatic heterocycles. The van der Waals surface area contributed by atoms with E-state index in [0.29, 0.717) is 6.54 Å². The maximum Gasteiger partial charge on any atom is 0.325 e. The van der Waals surface area contributed by atoms with Gasteiger partial charge in [0, 0.05) is 20.3 Å². The number of rotatable bonds is 4. The van der Waals surface area contributed by atoms with E-state index in [9.17, 15) is 4.57 Å². The van der Waals surface area contributed by atoms with Gasteiger partial charge in [-0.3, -0.25) is 9.97 Å². The molecule has 0 spiro atoms. The first kappa shape index (κ1) is 11.4. The largest absolute Gasteiger partial charge is 0.370 e. The first-order valence-corrected chi connectivity index (χ1v) is 5.35. The summed E-state index contributed by atoms with van der Waals surface area (Å²) in [6, 6.07) is 0. The van der Waals surface area contributed by atoms with Crippen LogP contribution in [0.25, 0.3) is 0 Å². The Bertz CT molecular complexity index is 202. The molecular weight excluding hydrogens is 181 g/mol. The van der Waals surface area contributed by atoms with E-state index in [-0.39, 0.29) is 12.6 Å². The lowest BCUT2D eigenvalue weighted by atomic mass is 10.6. The molecule has 12 heavy (non-hydrogen) atoms. The molecule has 0 aliphatic rings. The smallest absolute Gasteiger partial charge is 0.325 e. The third-order valence-corrected chi connectivity index (χ3v) is 1.83. The van der Waals surface area contributed by atoms with Crippen molar-refractivity contribution >= 4 is 13.6 Å². The Morgan fingerprint density at radius 3 is 2.67 bits per heavy atom. The number of likely N-dealkylation sites (N-methyl/N-ethyl adjacent to an activating group) is 1. The Kier molecular flexibility index (Phi) is 4.23. The van der Waals surface area contributed by atoms with E-state index >= 15 is 0 Å². The second-order valence-electron chi connectivity index (χ2n) is 2.44. The minimum absolute atomic E-state index is 0.0837. The van der Waals surface area contributed by atoms with Gasteiger partial charge in [-0.25, -0.2) is 0 Å². The van der Waals surface area contributed by atoms with Crippen molar-refractivity contribution in [2.24, 2.45) is 5.73 Å². The molecule has 1 atom stereocenters. The fourth-order valence-electron chi connectivity index (χ4n) is 0.468. The zero-order valence-corrected chi connectivity index (χ0v) is 8.04. The zero-order chi connectivity index (χ0) is 9.78. The molecule has 4 N–H and O–H groups in total. The van der Waals surface area contributed by atoms with Crippen LogP contribution < -0.4 is 5.73 Å². The lowest BCUT2D eigenvalue weighted by Crippen LogP contribution is -2.35. The van der Waals surface area contributed by atoms with Crippen LogP contribution in [0.2, 0.25) is 0 Å². The quantitative estimate of drug-likeness (QED) is 0.323. The molecule has 0 aliphatic carbocycles. The monoisotopic (exact) mass is 195 g/mol. The molecule has 0 aromatic rings. The average Bonchev–Trinajstić information content (AvgIpc) is 1.84. The molecule has 0 fully saturated rings. The Labute approximate surface area is 71.4 Å². The zero-order valence-electron chi connectivity index (χ0n) is 7.15. The van der Waals surface area contributed by atoms with Crippen molar-refractivity contribution in [1.29, 1.82) is 5.41 Å². The van der Waals surface area contributed by atoms with Crippen LogP contribution in [0.4, 0.5) is 0 Å². The van der Waals surface area contributed by atoms with Crippen LogP contribution in [0.3, 0.4) is 0 Å². The Balaban J connectivity index is 3.58. The summed E-state index contributed by atoms with van der Waals surface area (Å²) >= 11 is 0. The first-order valence-electron chi connectivity index (χ1n) is 3.33. The fourth-order valence-corrected chi connectivity index (χ4v) is 0.888. The van der Waals surface area contributed by atoms with Crippen LogP contribution >= 0.6 is 7.60 Å². The van der Waals surface area contributed by atoms with Gasteiger partial charge in [0.2, 0.25) is 0 Å². The van der Waals surface area contributed by atoms with E-state index in [1.807, 2.05) is 0 Å². The SMILES string of the molecule is CN(CCOP(C)(=O)O)C(=N)N. The summed E-state index contributed by atoms with van der Waals surface area (Å²) in [5.41, 5.74) is 5.11. The highest BCUT2D eigenvalue weighted by atomic mass is 31.2. The van der Waals surface area contributed by atoms with Crippen molar-refractivity contribution in [3.63, 3.8) is 0 Å². The number of hydrogen-bond donors (Lipinski definition) is 3. The molecular formula is C5H14N3O3P. The van der Waals surface area contributed by atoms with E-state index in [1.54, 1.807) is 7.05 Å². The third kappa shape index (κ3) is 6.15. The van der Waals surface area contributed by atoms with E-state index in [4.69, 9.17) is 16.0 Å². The minimum atomic E-state index is -3.39.